The number of aromatic nitrogens is 1. The zero-order valence-corrected chi connectivity index (χ0v) is 20.6. The van der Waals surface area contributed by atoms with Crippen LogP contribution in [0.5, 0.6) is 5.75 Å². The number of nitrogens with zero attached hydrogens (tertiary/aromatic N) is 2. The van der Waals surface area contributed by atoms with E-state index in [-0.39, 0.29) is 30.2 Å². The first-order chi connectivity index (χ1) is 16.9. The summed E-state index contributed by atoms with van der Waals surface area (Å²) >= 11 is 1.35. The highest BCUT2D eigenvalue weighted by Gasteiger charge is 2.33. The number of carbonyl (C=O) groups excluding carboxylic acids is 2. The maximum Gasteiger partial charge on any atom is 0.271 e. The Morgan fingerprint density at radius 1 is 1.31 bits per heavy atom. The van der Waals surface area contributed by atoms with Gasteiger partial charge in [-0.15, -0.1) is 17.9 Å². The largest absolute Gasteiger partial charge is 0.486 e. The number of hydrogen-bond donors (Lipinski definition) is 1. The third-order valence-corrected chi connectivity index (χ3v) is 6.66. The van der Waals surface area contributed by atoms with Crippen molar-refractivity contribution in [2.75, 3.05) is 13.1 Å². The van der Waals surface area contributed by atoms with E-state index in [0.717, 1.165) is 23.1 Å². The van der Waals surface area contributed by atoms with Crippen LogP contribution < -0.4 is 10.1 Å². The van der Waals surface area contributed by atoms with E-state index in [1.807, 2.05) is 43.0 Å². The summed E-state index contributed by atoms with van der Waals surface area (Å²) in [6.07, 6.45) is 2.33. The number of carbonyl (C=O) groups is 2. The second kappa shape index (κ2) is 10.8. The van der Waals surface area contributed by atoms with Crippen LogP contribution in [0.4, 0.5) is 4.39 Å². The molecule has 0 fully saturated rings. The molecule has 8 heteroatoms. The predicted molar refractivity (Wildman–Crippen MR) is 134 cm³/mol. The average Bonchev–Trinajstić information content (AvgIpc) is 3.34. The monoisotopic (exact) mass is 493 g/mol. The Hall–Kier alpha value is -3.52. The highest BCUT2D eigenvalue weighted by Crippen LogP contribution is 2.38. The van der Waals surface area contributed by atoms with Gasteiger partial charge in [0.05, 0.1) is 6.04 Å². The molecule has 6 nitrogen and oxygen atoms in total. The Morgan fingerprint density at radius 2 is 2.14 bits per heavy atom. The van der Waals surface area contributed by atoms with Gasteiger partial charge < -0.3 is 15.0 Å². The molecule has 2 amide bonds. The smallest absolute Gasteiger partial charge is 0.271 e. The SMILES string of the molecule is C=CCNC(=O)c1csc(COc2ccc3c(c2)C(c2cccc(F)c2)N(C(=O)C(C)C)CC3)n1. The minimum Gasteiger partial charge on any atom is -0.486 e. The summed E-state index contributed by atoms with van der Waals surface area (Å²) < 4.78 is 20.1. The van der Waals surface area contributed by atoms with E-state index in [2.05, 4.69) is 16.9 Å². The van der Waals surface area contributed by atoms with Gasteiger partial charge in [-0.05, 0) is 47.4 Å². The second-order valence-electron chi connectivity index (χ2n) is 8.67. The highest BCUT2D eigenvalue weighted by atomic mass is 32.1. The summed E-state index contributed by atoms with van der Waals surface area (Å²) in [7, 11) is 0. The minimum atomic E-state index is -0.395. The normalized spacial score (nSPS) is 15.0. The molecule has 1 aliphatic rings. The minimum absolute atomic E-state index is 0.0290. The first-order valence-electron chi connectivity index (χ1n) is 11.5. The van der Waals surface area contributed by atoms with Crippen LogP contribution in [0.1, 0.15) is 52.1 Å². The van der Waals surface area contributed by atoms with Crippen molar-refractivity contribution in [2.45, 2.75) is 32.9 Å². The number of hydrogen-bond acceptors (Lipinski definition) is 5. The van der Waals surface area contributed by atoms with Gasteiger partial charge in [-0.25, -0.2) is 9.37 Å². The van der Waals surface area contributed by atoms with Crippen LogP contribution in [0.2, 0.25) is 0 Å². The molecule has 0 saturated heterocycles. The number of nitrogens with one attached hydrogen (secondary N) is 1. The summed E-state index contributed by atoms with van der Waals surface area (Å²) in [5.41, 5.74) is 3.11. The van der Waals surface area contributed by atoms with Crippen LogP contribution >= 0.6 is 11.3 Å². The number of amides is 2. The number of thiazole rings is 1. The van der Waals surface area contributed by atoms with Crippen molar-refractivity contribution in [1.82, 2.24) is 15.2 Å². The molecule has 35 heavy (non-hydrogen) atoms. The van der Waals surface area contributed by atoms with Gasteiger partial charge >= 0.3 is 0 Å². The van der Waals surface area contributed by atoms with Crippen molar-refractivity contribution in [1.29, 1.82) is 0 Å². The molecule has 1 atom stereocenters. The maximum atomic E-state index is 14.1. The summed E-state index contributed by atoms with van der Waals surface area (Å²) in [4.78, 5) is 31.3. The fourth-order valence-corrected chi connectivity index (χ4v) is 4.86. The van der Waals surface area contributed by atoms with Crippen molar-refractivity contribution in [2.24, 2.45) is 5.92 Å². The average molecular weight is 494 g/mol. The van der Waals surface area contributed by atoms with Crippen LogP contribution in [0.15, 0.2) is 60.5 Å². The van der Waals surface area contributed by atoms with Crippen molar-refractivity contribution in [3.05, 3.63) is 93.7 Å². The Labute approximate surface area is 208 Å². The molecule has 1 unspecified atom stereocenters. The van der Waals surface area contributed by atoms with Crippen molar-refractivity contribution >= 4 is 23.2 Å². The highest BCUT2D eigenvalue weighted by molar-refractivity contribution is 7.09. The quantitative estimate of drug-likeness (QED) is 0.453. The van der Waals surface area contributed by atoms with Gasteiger partial charge in [0, 0.05) is 24.4 Å². The van der Waals surface area contributed by atoms with E-state index in [0.29, 0.717) is 29.5 Å². The molecule has 2 aromatic carbocycles. The standard InChI is InChI=1S/C27H28FN3O3S/c1-4-11-29-26(32)23-16-35-24(30-23)15-34-21-9-8-18-10-12-31(27(33)17(2)3)25(22(18)14-21)19-6-5-7-20(28)13-19/h4-9,13-14,16-17,25H,1,10-12,15H2,2-3H3,(H,29,32). The molecule has 1 aliphatic heterocycles. The molecule has 182 valence electrons. The van der Waals surface area contributed by atoms with E-state index in [1.165, 1.54) is 23.5 Å². The Balaban J connectivity index is 1.58. The van der Waals surface area contributed by atoms with Crippen LogP contribution in [0, 0.1) is 11.7 Å². The topological polar surface area (TPSA) is 71.5 Å². The zero-order valence-electron chi connectivity index (χ0n) is 19.8. The molecule has 0 bridgehead atoms. The van der Waals surface area contributed by atoms with Crippen LogP contribution in [0.25, 0.3) is 0 Å². The van der Waals surface area contributed by atoms with E-state index >= 15 is 0 Å². The maximum absolute atomic E-state index is 14.1. The van der Waals surface area contributed by atoms with E-state index in [1.54, 1.807) is 17.5 Å². The van der Waals surface area contributed by atoms with E-state index in [4.69, 9.17) is 4.74 Å². The van der Waals surface area contributed by atoms with Gasteiger partial charge in [-0.2, -0.15) is 0 Å². The van der Waals surface area contributed by atoms with E-state index in [9.17, 15) is 14.0 Å². The molecule has 2 heterocycles. The van der Waals surface area contributed by atoms with Gasteiger partial charge in [-0.3, -0.25) is 9.59 Å². The molecule has 0 saturated carbocycles. The lowest BCUT2D eigenvalue weighted by Crippen LogP contribution is -2.42. The lowest BCUT2D eigenvalue weighted by Gasteiger charge is -2.39. The molecule has 0 aliphatic carbocycles. The Morgan fingerprint density at radius 3 is 2.89 bits per heavy atom. The predicted octanol–water partition coefficient (Wildman–Crippen LogP) is 4.91. The number of halogens is 1. The first-order valence-corrected chi connectivity index (χ1v) is 12.4. The van der Waals surface area contributed by atoms with E-state index < -0.39 is 6.04 Å². The Kier molecular flexibility index (Phi) is 7.60. The fraction of sp³-hybridized carbons (Fsp3) is 0.296. The van der Waals surface area contributed by atoms with Crippen molar-refractivity contribution in [3.8, 4) is 5.75 Å². The molecule has 4 rings (SSSR count). The van der Waals surface area contributed by atoms with Crippen molar-refractivity contribution < 1.29 is 18.7 Å². The first kappa shape index (κ1) is 24.6. The molecular weight excluding hydrogens is 465 g/mol. The molecule has 0 radical (unpaired) electrons. The van der Waals surface area contributed by atoms with Gasteiger partial charge in [0.15, 0.2) is 0 Å². The lowest BCUT2D eigenvalue weighted by atomic mass is 9.87. The van der Waals surface area contributed by atoms with Crippen LogP contribution in [0.3, 0.4) is 0 Å². The molecule has 3 aromatic rings. The number of rotatable bonds is 8. The van der Waals surface area contributed by atoms with Gasteiger partial charge in [0.1, 0.15) is 28.9 Å². The van der Waals surface area contributed by atoms with Gasteiger partial charge in [0.2, 0.25) is 5.91 Å². The van der Waals surface area contributed by atoms with Gasteiger partial charge in [-0.1, -0.05) is 38.1 Å². The molecular formula is C27H28FN3O3S. The van der Waals surface area contributed by atoms with Crippen molar-refractivity contribution in [3.63, 3.8) is 0 Å². The molecule has 0 spiro atoms. The summed E-state index contributed by atoms with van der Waals surface area (Å²) in [6.45, 7) is 8.49. The molecule has 1 N–H and O–H groups in total. The summed E-state index contributed by atoms with van der Waals surface area (Å²) in [5, 5.41) is 5.07. The zero-order chi connectivity index (χ0) is 24.9. The van der Waals surface area contributed by atoms with Crippen LogP contribution in [-0.4, -0.2) is 34.8 Å². The third kappa shape index (κ3) is 5.59. The second-order valence-corrected chi connectivity index (χ2v) is 9.61. The van der Waals surface area contributed by atoms with Gasteiger partial charge in [0.25, 0.3) is 5.91 Å². The van der Waals surface area contributed by atoms with Crippen LogP contribution in [-0.2, 0) is 17.8 Å². The number of ether oxygens (including phenoxy) is 1. The third-order valence-electron chi connectivity index (χ3n) is 5.84. The summed E-state index contributed by atoms with van der Waals surface area (Å²) in [6, 6.07) is 11.8. The number of fused-ring (bicyclic) bond motifs is 1. The summed E-state index contributed by atoms with van der Waals surface area (Å²) in [5.74, 6) is -0.113. The fourth-order valence-electron chi connectivity index (χ4n) is 4.17. The lowest BCUT2D eigenvalue weighted by molar-refractivity contribution is -0.136. The number of benzene rings is 2. The Bertz CT molecular complexity index is 1240. The molecule has 1 aromatic heterocycles.